The molecule has 4 aliphatic carbocycles. The van der Waals surface area contributed by atoms with Crippen molar-refractivity contribution < 1.29 is 19.7 Å². The summed E-state index contributed by atoms with van der Waals surface area (Å²) in [5, 5.41) is 20.4. The van der Waals surface area contributed by atoms with Crippen LogP contribution < -0.4 is 0 Å². The molecule has 4 nitrogen and oxygen atoms in total. The van der Waals surface area contributed by atoms with E-state index in [0.29, 0.717) is 23.2 Å². The topological polar surface area (TPSA) is 66.8 Å². The summed E-state index contributed by atoms with van der Waals surface area (Å²) in [6.45, 7) is 2.10. The maximum atomic E-state index is 12.4. The maximum Gasteiger partial charge on any atom is 0.162 e. The van der Waals surface area contributed by atoms with E-state index in [4.69, 9.17) is 4.74 Å². The van der Waals surface area contributed by atoms with E-state index in [1.807, 2.05) is 0 Å². The average molecular weight is 348 g/mol. The van der Waals surface area contributed by atoms with Crippen molar-refractivity contribution >= 4 is 5.78 Å². The molecule has 1 heterocycles. The summed E-state index contributed by atoms with van der Waals surface area (Å²) in [4.78, 5) is 12.4. The fourth-order valence-electron chi connectivity index (χ4n) is 8.53. The number of ketones is 1. The largest absolute Gasteiger partial charge is 0.389 e. The summed E-state index contributed by atoms with van der Waals surface area (Å²) in [7, 11) is 0. The van der Waals surface area contributed by atoms with Crippen LogP contribution in [-0.2, 0) is 9.53 Å². The minimum Gasteiger partial charge on any atom is -0.389 e. The van der Waals surface area contributed by atoms with Crippen molar-refractivity contribution in [1.29, 1.82) is 0 Å². The van der Waals surface area contributed by atoms with Crippen LogP contribution in [0.3, 0.4) is 0 Å². The Morgan fingerprint density at radius 2 is 2.00 bits per heavy atom. The Morgan fingerprint density at radius 1 is 1.16 bits per heavy atom. The number of Topliss-reactive ketones (excluding diaryl/α,β-unsaturated/α-hetero) is 1. The quantitative estimate of drug-likeness (QED) is 0.805. The molecule has 5 aliphatic rings. The van der Waals surface area contributed by atoms with Gasteiger partial charge in [0.25, 0.3) is 0 Å². The molecule has 0 aromatic rings. The summed E-state index contributed by atoms with van der Waals surface area (Å²) in [5.74, 6) is 2.05. The van der Waals surface area contributed by atoms with E-state index in [0.717, 1.165) is 25.2 Å². The van der Waals surface area contributed by atoms with Crippen molar-refractivity contribution in [2.75, 3.05) is 6.61 Å². The van der Waals surface area contributed by atoms with E-state index in [-0.39, 0.29) is 17.8 Å². The van der Waals surface area contributed by atoms with Crippen LogP contribution in [0.5, 0.6) is 0 Å². The summed E-state index contributed by atoms with van der Waals surface area (Å²) in [5.41, 5.74) is -0.0648. The number of aliphatic hydroxyl groups excluding tert-OH is 2. The smallest absolute Gasteiger partial charge is 0.162 e. The molecule has 1 saturated heterocycles. The molecule has 0 aromatic heterocycles. The Bertz CT molecular complexity index is 576. The zero-order chi connectivity index (χ0) is 17.4. The second-order valence-corrected chi connectivity index (χ2v) is 9.92. The van der Waals surface area contributed by atoms with Crippen LogP contribution in [0.25, 0.3) is 0 Å². The van der Waals surface area contributed by atoms with Gasteiger partial charge in [-0.05, 0) is 74.0 Å². The molecule has 9 atom stereocenters. The van der Waals surface area contributed by atoms with Crippen LogP contribution >= 0.6 is 0 Å². The maximum absolute atomic E-state index is 12.4. The van der Waals surface area contributed by atoms with Crippen LogP contribution in [0.2, 0.25) is 0 Å². The first kappa shape index (κ1) is 16.7. The van der Waals surface area contributed by atoms with Gasteiger partial charge in [-0.3, -0.25) is 4.79 Å². The molecule has 3 unspecified atom stereocenters. The third-order valence-corrected chi connectivity index (χ3v) is 9.41. The lowest BCUT2D eigenvalue weighted by atomic mass is 9.44. The van der Waals surface area contributed by atoms with E-state index in [1.165, 1.54) is 38.5 Å². The lowest BCUT2D eigenvalue weighted by Crippen LogP contribution is -2.57. The minimum absolute atomic E-state index is 0.0817. The zero-order valence-electron chi connectivity index (χ0n) is 15.3. The molecule has 5 fully saturated rings. The Kier molecular flexibility index (Phi) is 3.69. The van der Waals surface area contributed by atoms with Crippen molar-refractivity contribution in [3.63, 3.8) is 0 Å². The lowest BCUT2D eigenvalue weighted by molar-refractivity contribution is -0.161. The summed E-state index contributed by atoms with van der Waals surface area (Å²) < 4.78 is 6.22. The highest BCUT2D eigenvalue weighted by molar-refractivity contribution is 5.83. The number of carbonyl (C=O) groups excluding carboxylic acids is 1. The van der Waals surface area contributed by atoms with Gasteiger partial charge in [0.15, 0.2) is 12.1 Å². The number of hydrogen-bond acceptors (Lipinski definition) is 4. The van der Waals surface area contributed by atoms with Crippen LogP contribution in [0.1, 0.15) is 64.7 Å². The number of ether oxygens (including phenoxy) is 1. The van der Waals surface area contributed by atoms with Gasteiger partial charge in [-0.25, -0.2) is 0 Å². The van der Waals surface area contributed by atoms with Crippen molar-refractivity contribution in [2.45, 2.75) is 77.1 Å². The molecule has 1 spiro atoms. The molecule has 5 rings (SSSR count). The highest BCUT2D eigenvalue weighted by atomic mass is 16.6. The fraction of sp³-hybridized carbons (Fsp3) is 0.952. The number of fused-ring (bicyclic) bond motifs is 6. The standard InChI is InChI=1S/C21H32O4/c1-20-9-3-2-4-12(20)5-6-13-14-7-8-15(16(23)11-22)21(14)10-17(18(13)20)25-19(21)24/h12-15,17-19,22,24H,2-11H2,1H3/t12?,13-,14-,15+,17?,18+,19?,20-,21+/m0/s1. The number of hydrogen-bond donors (Lipinski definition) is 2. The molecule has 2 N–H and O–H groups in total. The molecule has 1 aliphatic heterocycles. The second kappa shape index (κ2) is 5.53. The van der Waals surface area contributed by atoms with E-state index in [1.54, 1.807) is 0 Å². The van der Waals surface area contributed by atoms with Gasteiger partial charge < -0.3 is 14.9 Å². The molecule has 0 aromatic carbocycles. The van der Waals surface area contributed by atoms with E-state index in [2.05, 4.69) is 6.92 Å². The van der Waals surface area contributed by atoms with Crippen LogP contribution in [-0.4, -0.2) is 35.0 Å². The number of carbonyl (C=O) groups is 1. The first-order chi connectivity index (χ1) is 12.0. The van der Waals surface area contributed by atoms with Crippen LogP contribution in [0, 0.1) is 40.4 Å². The third kappa shape index (κ3) is 1.97. The molecule has 0 amide bonds. The second-order valence-electron chi connectivity index (χ2n) is 9.92. The predicted octanol–water partition coefficient (Wildman–Crippen LogP) is 2.90. The molecular weight excluding hydrogens is 316 g/mol. The van der Waals surface area contributed by atoms with Gasteiger partial charge >= 0.3 is 0 Å². The Hall–Kier alpha value is -0.450. The number of aliphatic hydroxyl groups is 2. The van der Waals surface area contributed by atoms with E-state index < -0.39 is 18.3 Å². The van der Waals surface area contributed by atoms with Gasteiger partial charge in [-0.1, -0.05) is 19.8 Å². The zero-order valence-corrected chi connectivity index (χ0v) is 15.3. The van der Waals surface area contributed by atoms with Crippen molar-refractivity contribution in [3.05, 3.63) is 0 Å². The Morgan fingerprint density at radius 3 is 2.80 bits per heavy atom. The van der Waals surface area contributed by atoms with Crippen molar-refractivity contribution in [3.8, 4) is 0 Å². The summed E-state index contributed by atoms with van der Waals surface area (Å²) in [6, 6.07) is 0. The van der Waals surface area contributed by atoms with Crippen LogP contribution in [0.15, 0.2) is 0 Å². The molecule has 25 heavy (non-hydrogen) atoms. The first-order valence-electron chi connectivity index (χ1n) is 10.5. The normalized spacial score (nSPS) is 56.8. The van der Waals surface area contributed by atoms with Gasteiger partial charge in [-0.2, -0.15) is 0 Å². The fourth-order valence-corrected chi connectivity index (χ4v) is 8.53. The lowest BCUT2D eigenvalue weighted by Gasteiger charge is -2.59. The van der Waals surface area contributed by atoms with Gasteiger partial charge in [0, 0.05) is 11.3 Å². The molecular formula is C21H32O4. The third-order valence-electron chi connectivity index (χ3n) is 9.41. The Labute approximate surface area is 150 Å². The Balaban J connectivity index is 1.55. The van der Waals surface area contributed by atoms with Crippen molar-refractivity contribution in [1.82, 2.24) is 0 Å². The summed E-state index contributed by atoms with van der Waals surface area (Å²) >= 11 is 0. The monoisotopic (exact) mass is 348 g/mol. The predicted molar refractivity (Wildman–Crippen MR) is 92.5 cm³/mol. The van der Waals surface area contributed by atoms with E-state index >= 15 is 0 Å². The highest BCUT2D eigenvalue weighted by Crippen LogP contribution is 2.71. The molecule has 140 valence electrons. The van der Waals surface area contributed by atoms with Gasteiger partial charge in [-0.15, -0.1) is 0 Å². The van der Waals surface area contributed by atoms with Crippen molar-refractivity contribution in [2.24, 2.45) is 40.4 Å². The molecule has 4 saturated carbocycles. The van der Waals surface area contributed by atoms with E-state index in [9.17, 15) is 15.0 Å². The number of rotatable bonds is 2. The average Bonchev–Trinajstić information content (AvgIpc) is 3.13. The first-order valence-corrected chi connectivity index (χ1v) is 10.5. The molecule has 0 radical (unpaired) electrons. The molecule has 2 bridgehead atoms. The summed E-state index contributed by atoms with van der Waals surface area (Å²) in [6.07, 6.45) is 9.86. The minimum atomic E-state index is -0.818. The van der Waals surface area contributed by atoms with Gasteiger partial charge in [0.2, 0.25) is 0 Å². The SMILES string of the molecule is C[C@]12CCCCC1CC[C@H]1[C@@H]3CC[C@H](C(=O)CO)[C@@]34CC(OC4O)[C@@H]12. The highest BCUT2D eigenvalue weighted by Gasteiger charge is 2.71. The van der Waals surface area contributed by atoms with Crippen LogP contribution in [0.4, 0.5) is 0 Å². The van der Waals surface area contributed by atoms with Gasteiger partial charge in [0.1, 0.15) is 6.61 Å². The van der Waals surface area contributed by atoms with Gasteiger partial charge in [0.05, 0.1) is 6.10 Å². The molecule has 4 heteroatoms.